The summed E-state index contributed by atoms with van der Waals surface area (Å²) in [4.78, 5) is 23.6. The van der Waals surface area contributed by atoms with E-state index in [0.29, 0.717) is 23.5 Å². The summed E-state index contributed by atoms with van der Waals surface area (Å²) in [5.41, 5.74) is 1.74. The van der Waals surface area contributed by atoms with Crippen molar-refractivity contribution < 1.29 is 5.11 Å². The van der Waals surface area contributed by atoms with Crippen LogP contribution in [0.25, 0.3) is 22.2 Å². The topological polar surface area (TPSA) is 78.9 Å². The number of pyridine rings is 1. The fourth-order valence-electron chi connectivity index (χ4n) is 2.45. The van der Waals surface area contributed by atoms with Crippen LogP contribution in [0.4, 0.5) is 0 Å². The molecule has 0 fully saturated rings. The van der Waals surface area contributed by atoms with Crippen LogP contribution >= 0.6 is 0 Å². The van der Waals surface area contributed by atoms with Gasteiger partial charge in [0.2, 0.25) is 0 Å². The third-order valence-corrected chi connectivity index (χ3v) is 3.51. The monoisotopic (exact) mass is 281 g/mol. The lowest BCUT2D eigenvalue weighted by Gasteiger charge is -2.08. The predicted octanol–water partition coefficient (Wildman–Crippen LogP) is 1.83. The number of nitrogens with one attached hydrogen (secondary N) is 1. The lowest BCUT2D eigenvalue weighted by molar-refractivity contribution is 0.298. The lowest BCUT2D eigenvalue weighted by Crippen LogP contribution is -2.18. The SMILES string of the molecule is Cc1nc(-c2cncc3ccccc23)[nH]c(=O)c1CCO. The van der Waals surface area contributed by atoms with Gasteiger partial charge >= 0.3 is 0 Å². The van der Waals surface area contributed by atoms with E-state index in [4.69, 9.17) is 5.11 Å². The number of fused-ring (bicyclic) bond motifs is 1. The summed E-state index contributed by atoms with van der Waals surface area (Å²) in [6, 6.07) is 7.83. The molecule has 5 heteroatoms. The van der Waals surface area contributed by atoms with E-state index in [0.717, 1.165) is 16.3 Å². The lowest BCUT2D eigenvalue weighted by atomic mass is 10.1. The number of aliphatic hydroxyl groups is 1. The molecule has 0 amide bonds. The predicted molar refractivity (Wildman–Crippen MR) is 81.1 cm³/mol. The van der Waals surface area contributed by atoms with E-state index in [-0.39, 0.29) is 12.2 Å². The number of benzene rings is 1. The van der Waals surface area contributed by atoms with Gasteiger partial charge in [-0.3, -0.25) is 9.78 Å². The molecule has 0 saturated heterocycles. The van der Waals surface area contributed by atoms with E-state index in [1.165, 1.54) is 0 Å². The zero-order valence-electron chi connectivity index (χ0n) is 11.6. The van der Waals surface area contributed by atoms with E-state index in [1.807, 2.05) is 24.3 Å². The van der Waals surface area contributed by atoms with E-state index in [1.54, 1.807) is 19.3 Å². The molecule has 3 aromatic rings. The molecule has 0 aliphatic rings. The standard InChI is InChI=1S/C16H15N3O2/c1-10-12(6-7-20)16(21)19-15(18-10)14-9-17-8-11-4-2-3-5-13(11)14/h2-5,8-9,20H,6-7H2,1H3,(H,18,19,21). The molecule has 2 aromatic heterocycles. The zero-order chi connectivity index (χ0) is 14.8. The first-order valence-electron chi connectivity index (χ1n) is 6.74. The quantitative estimate of drug-likeness (QED) is 0.767. The average molecular weight is 281 g/mol. The maximum atomic E-state index is 12.1. The Morgan fingerprint density at radius 2 is 2.05 bits per heavy atom. The summed E-state index contributed by atoms with van der Waals surface area (Å²) in [5.74, 6) is 0.503. The molecule has 2 N–H and O–H groups in total. The van der Waals surface area contributed by atoms with Crippen LogP contribution in [0.1, 0.15) is 11.3 Å². The van der Waals surface area contributed by atoms with Crippen LogP contribution in [0.2, 0.25) is 0 Å². The molecule has 1 aromatic carbocycles. The molecular formula is C16H15N3O2. The summed E-state index contributed by atoms with van der Waals surface area (Å²) in [6.07, 6.45) is 3.79. The Labute approximate surface area is 121 Å². The molecule has 106 valence electrons. The van der Waals surface area contributed by atoms with E-state index in [9.17, 15) is 4.79 Å². The Kier molecular flexibility index (Phi) is 3.50. The van der Waals surface area contributed by atoms with Crippen LogP contribution in [-0.4, -0.2) is 26.7 Å². The number of aliphatic hydroxyl groups excluding tert-OH is 1. The van der Waals surface area contributed by atoms with Crippen LogP contribution in [0.15, 0.2) is 41.5 Å². The summed E-state index contributed by atoms with van der Waals surface area (Å²) in [6.45, 7) is 1.71. The maximum absolute atomic E-state index is 12.1. The molecule has 0 aliphatic heterocycles. The van der Waals surface area contributed by atoms with Crippen molar-refractivity contribution >= 4 is 10.8 Å². The first kappa shape index (κ1) is 13.5. The molecule has 0 saturated carbocycles. The summed E-state index contributed by atoms with van der Waals surface area (Å²) >= 11 is 0. The van der Waals surface area contributed by atoms with Crippen LogP contribution < -0.4 is 5.56 Å². The highest BCUT2D eigenvalue weighted by Gasteiger charge is 2.11. The minimum atomic E-state index is -0.209. The van der Waals surface area contributed by atoms with Gasteiger partial charge in [0.25, 0.3) is 5.56 Å². The molecule has 3 rings (SSSR count). The van der Waals surface area contributed by atoms with Gasteiger partial charge in [0.1, 0.15) is 5.82 Å². The molecule has 0 atom stereocenters. The number of aryl methyl sites for hydroxylation is 1. The van der Waals surface area contributed by atoms with Crippen molar-refractivity contribution in [2.75, 3.05) is 6.61 Å². The van der Waals surface area contributed by atoms with Gasteiger partial charge in [-0.05, 0) is 12.3 Å². The molecular weight excluding hydrogens is 266 g/mol. The highest BCUT2D eigenvalue weighted by Crippen LogP contribution is 2.24. The Balaban J connectivity index is 2.22. The fourth-order valence-corrected chi connectivity index (χ4v) is 2.45. The summed E-state index contributed by atoms with van der Waals surface area (Å²) in [5, 5.41) is 11.0. The summed E-state index contributed by atoms with van der Waals surface area (Å²) < 4.78 is 0. The smallest absolute Gasteiger partial charge is 0.254 e. The fraction of sp³-hybridized carbons (Fsp3) is 0.188. The number of aromatic nitrogens is 3. The van der Waals surface area contributed by atoms with Crippen molar-refractivity contribution in [3.63, 3.8) is 0 Å². The molecule has 21 heavy (non-hydrogen) atoms. The highest BCUT2D eigenvalue weighted by atomic mass is 16.3. The molecule has 0 aliphatic carbocycles. The largest absolute Gasteiger partial charge is 0.396 e. The van der Waals surface area contributed by atoms with Crippen molar-refractivity contribution in [1.82, 2.24) is 15.0 Å². The van der Waals surface area contributed by atoms with Crippen LogP contribution in [0, 0.1) is 6.92 Å². The second-order valence-corrected chi connectivity index (χ2v) is 4.86. The van der Waals surface area contributed by atoms with Crippen molar-refractivity contribution in [1.29, 1.82) is 0 Å². The van der Waals surface area contributed by atoms with Crippen LogP contribution in [0.5, 0.6) is 0 Å². The first-order chi connectivity index (χ1) is 10.2. The second kappa shape index (κ2) is 5.46. The Morgan fingerprint density at radius 3 is 2.81 bits per heavy atom. The number of nitrogens with zero attached hydrogens (tertiary/aromatic N) is 2. The Hall–Kier alpha value is -2.53. The van der Waals surface area contributed by atoms with Gasteiger partial charge in [-0.25, -0.2) is 4.98 Å². The number of H-pyrrole nitrogens is 1. The molecule has 0 radical (unpaired) electrons. The molecule has 0 bridgehead atoms. The van der Waals surface area contributed by atoms with Gasteiger partial charge in [-0.1, -0.05) is 24.3 Å². The van der Waals surface area contributed by atoms with Crippen molar-refractivity contribution in [2.24, 2.45) is 0 Å². The minimum Gasteiger partial charge on any atom is -0.396 e. The average Bonchev–Trinajstić information content (AvgIpc) is 2.50. The second-order valence-electron chi connectivity index (χ2n) is 4.86. The Morgan fingerprint density at radius 1 is 1.24 bits per heavy atom. The Bertz CT molecular complexity index is 850. The third kappa shape index (κ3) is 2.43. The molecule has 0 spiro atoms. The first-order valence-corrected chi connectivity index (χ1v) is 6.74. The van der Waals surface area contributed by atoms with Crippen LogP contribution in [0.3, 0.4) is 0 Å². The number of rotatable bonds is 3. The van der Waals surface area contributed by atoms with Gasteiger partial charge < -0.3 is 10.1 Å². The van der Waals surface area contributed by atoms with Gasteiger partial charge in [0.05, 0.1) is 0 Å². The zero-order valence-corrected chi connectivity index (χ0v) is 11.6. The van der Waals surface area contributed by atoms with Crippen molar-refractivity contribution in [2.45, 2.75) is 13.3 Å². The summed E-state index contributed by atoms with van der Waals surface area (Å²) in [7, 11) is 0. The van der Waals surface area contributed by atoms with Crippen LogP contribution in [-0.2, 0) is 6.42 Å². The minimum absolute atomic E-state index is 0.0687. The number of hydrogen-bond acceptors (Lipinski definition) is 4. The van der Waals surface area contributed by atoms with Crippen molar-refractivity contribution in [3.05, 3.63) is 58.3 Å². The molecule has 5 nitrogen and oxygen atoms in total. The van der Waals surface area contributed by atoms with Gasteiger partial charge in [0, 0.05) is 47.6 Å². The van der Waals surface area contributed by atoms with E-state index in [2.05, 4.69) is 15.0 Å². The highest BCUT2D eigenvalue weighted by molar-refractivity contribution is 5.93. The van der Waals surface area contributed by atoms with Gasteiger partial charge in [-0.15, -0.1) is 0 Å². The van der Waals surface area contributed by atoms with Crippen molar-refractivity contribution in [3.8, 4) is 11.4 Å². The third-order valence-electron chi connectivity index (χ3n) is 3.51. The molecule has 0 unspecified atom stereocenters. The van der Waals surface area contributed by atoms with E-state index < -0.39 is 0 Å². The van der Waals surface area contributed by atoms with E-state index >= 15 is 0 Å². The normalized spacial score (nSPS) is 11.0. The number of aromatic amines is 1. The maximum Gasteiger partial charge on any atom is 0.254 e. The number of hydrogen-bond donors (Lipinski definition) is 2. The van der Waals surface area contributed by atoms with Gasteiger partial charge in [0.15, 0.2) is 0 Å². The van der Waals surface area contributed by atoms with Gasteiger partial charge in [-0.2, -0.15) is 0 Å². The molecule has 2 heterocycles.